The first-order valence-corrected chi connectivity index (χ1v) is 13.9. The summed E-state index contributed by atoms with van der Waals surface area (Å²) >= 11 is 6.62. The molecule has 0 atom stereocenters. The van der Waals surface area contributed by atoms with Crippen LogP contribution < -0.4 is 20.7 Å². The Labute approximate surface area is 250 Å². The molecule has 3 amide bonds. The average Bonchev–Trinajstić information content (AvgIpc) is 3.46. The topological polar surface area (TPSA) is 146 Å². The summed E-state index contributed by atoms with van der Waals surface area (Å²) in [5.74, 6) is 0.544. The van der Waals surface area contributed by atoms with E-state index in [1.165, 1.54) is 0 Å². The van der Waals surface area contributed by atoms with Crippen LogP contribution in [0.3, 0.4) is 0 Å². The number of urea groups is 1. The minimum absolute atomic E-state index is 0.0136. The number of aromatic amines is 1. The highest BCUT2D eigenvalue weighted by Gasteiger charge is 2.44. The van der Waals surface area contributed by atoms with E-state index in [4.69, 9.17) is 16.3 Å². The molecule has 224 valence electrons. The van der Waals surface area contributed by atoms with Crippen molar-refractivity contribution in [3.63, 3.8) is 0 Å². The number of phenols is 1. The molecule has 0 saturated heterocycles. The molecule has 12 heteroatoms. The van der Waals surface area contributed by atoms with Gasteiger partial charge in [0.05, 0.1) is 17.1 Å². The highest BCUT2D eigenvalue weighted by atomic mass is 35.5. The van der Waals surface area contributed by atoms with Gasteiger partial charge in [-0.1, -0.05) is 70.5 Å². The Morgan fingerprint density at radius 2 is 1.62 bits per heavy atom. The molecule has 4 rings (SSSR count). The molecule has 0 radical (unpaired) electrons. The van der Waals surface area contributed by atoms with Gasteiger partial charge >= 0.3 is 6.03 Å². The van der Waals surface area contributed by atoms with Crippen molar-refractivity contribution in [3.05, 3.63) is 64.6 Å². The molecule has 0 aliphatic heterocycles. The number of halogens is 1. The molecule has 42 heavy (non-hydrogen) atoms. The number of anilines is 2. The Morgan fingerprint density at radius 3 is 2.31 bits per heavy atom. The van der Waals surface area contributed by atoms with E-state index < -0.39 is 17.0 Å². The summed E-state index contributed by atoms with van der Waals surface area (Å²) < 4.78 is 7.58. The fraction of sp³-hybridized carbons (Fsp3) is 0.400. The molecule has 0 bridgehead atoms. The maximum Gasteiger partial charge on any atom is 0.323 e. The standard InChI is InChI=1S/C30H38ClN7O4/c1-17-12-11-14-19(23(17)40)33-27(41)32-18-13-9-10-15-20(18)42-16-21(39)34-30(7,8)29(5,6)26-36-35-25-22(31)24(28(2,3)4)37-38(25)26/h9-15,37,40H,16H2,1-8H3,(H,34,39)(H2,32,33,41). The quantitative estimate of drug-likeness (QED) is 0.160. The third-order valence-corrected chi connectivity index (χ3v) is 7.96. The monoisotopic (exact) mass is 595 g/mol. The summed E-state index contributed by atoms with van der Waals surface area (Å²) in [6.45, 7) is 15.4. The number of ether oxygens (including phenoxy) is 1. The van der Waals surface area contributed by atoms with Crippen molar-refractivity contribution in [1.29, 1.82) is 0 Å². The lowest BCUT2D eigenvalue weighted by molar-refractivity contribution is -0.125. The minimum atomic E-state index is -0.788. The molecule has 2 aromatic heterocycles. The van der Waals surface area contributed by atoms with Gasteiger partial charge in [0.15, 0.2) is 18.1 Å². The predicted octanol–water partition coefficient (Wildman–Crippen LogP) is 5.92. The van der Waals surface area contributed by atoms with Crippen LogP contribution in [0.25, 0.3) is 5.65 Å². The van der Waals surface area contributed by atoms with Crippen LogP contribution in [0.15, 0.2) is 42.5 Å². The van der Waals surface area contributed by atoms with Crippen molar-refractivity contribution >= 4 is 40.6 Å². The average molecular weight is 596 g/mol. The maximum absolute atomic E-state index is 13.1. The van der Waals surface area contributed by atoms with E-state index in [0.717, 1.165) is 5.69 Å². The molecular formula is C30H38ClN7O4. The number of nitrogens with one attached hydrogen (secondary N) is 4. The normalized spacial score (nSPS) is 12.3. The van der Waals surface area contributed by atoms with Crippen molar-refractivity contribution in [2.45, 2.75) is 71.8 Å². The van der Waals surface area contributed by atoms with Crippen LogP contribution in [0, 0.1) is 6.92 Å². The number of H-pyrrole nitrogens is 1. The number of amides is 3. The van der Waals surface area contributed by atoms with Crippen LogP contribution in [0.4, 0.5) is 16.2 Å². The zero-order valence-corrected chi connectivity index (χ0v) is 25.9. The molecule has 0 fully saturated rings. The smallest absolute Gasteiger partial charge is 0.323 e. The van der Waals surface area contributed by atoms with Crippen LogP contribution in [0.5, 0.6) is 11.5 Å². The molecular weight excluding hydrogens is 558 g/mol. The van der Waals surface area contributed by atoms with Gasteiger partial charge in [0.2, 0.25) is 0 Å². The Kier molecular flexibility index (Phi) is 8.19. The number of fused-ring (bicyclic) bond motifs is 1. The molecule has 0 unspecified atom stereocenters. The molecule has 0 spiro atoms. The third kappa shape index (κ3) is 6.01. The number of nitrogens with zero attached hydrogens (tertiary/aromatic N) is 3. The second-order valence-electron chi connectivity index (χ2n) is 12.4. The van der Waals surface area contributed by atoms with Crippen molar-refractivity contribution in [3.8, 4) is 11.5 Å². The summed E-state index contributed by atoms with van der Waals surface area (Å²) in [5, 5.41) is 31.2. The van der Waals surface area contributed by atoms with Gasteiger partial charge in [0.1, 0.15) is 16.5 Å². The molecule has 11 nitrogen and oxygen atoms in total. The predicted molar refractivity (Wildman–Crippen MR) is 164 cm³/mol. The summed E-state index contributed by atoms with van der Waals surface area (Å²) in [6, 6.07) is 11.3. The first-order chi connectivity index (χ1) is 19.5. The Bertz CT molecular complexity index is 1630. The molecule has 0 saturated carbocycles. The number of para-hydroxylation sites is 3. The van der Waals surface area contributed by atoms with Gasteiger partial charge in [-0.05, 0) is 44.5 Å². The number of aryl methyl sites for hydroxylation is 1. The summed E-state index contributed by atoms with van der Waals surface area (Å²) in [4.78, 5) is 25.7. The number of carbonyl (C=O) groups excluding carboxylic acids is 2. The Hall–Kier alpha value is -4.25. The van der Waals surface area contributed by atoms with Crippen molar-refractivity contribution in [2.24, 2.45) is 0 Å². The molecule has 5 N–H and O–H groups in total. The molecule has 0 aliphatic carbocycles. The molecule has 2 aromatic carbocycles. The second-order valence-corrected chi connectivity index (χ2v) is 12.7. The molecule has 4 aromatic rings. The van der Waals surface area contributed by atoms with E-state index >= 15 is 0 Å². The van der Waals surface area contributed by atoms with Gasteiger partial charge in [0.25, 0.3) is 5.91 Å². The van der Waals surface area contributed by atoms with Crippen molar-refractivity contribution < 1.29 is 19.4 Å². The lowest BCUT2D eigenvalue weighted by Gasteiger charge is -2.40. The zero-order valence-electron chi connectivity index (χ0n) is 25.1. The minimum Gasteiger partial charge on any atom is -0.505 e. The highest BCUT2D eigenvalue weighted by Crippen LogP contribution is 2.37. The van der Waals surface area contributed by atoms with Crippen LogP contribution in [-0.4, -0.2) is 49.0 Å². The lowest BCUT2D eigenvalue weighted by atomic mass is 9.73. The number of benzene rings is 2. The summed E-state index contributed by atoms with van der Waals surface area (Å²) in [7, 11) is 0. The van der Waals surface area contributed by atoms with E-state index in [1.54, 1.807) is 53.9 Å². The van der Waals surface area contributed by atoms with Gasteiger partial charge in [-0.25, -0.2) is 9.31 Å². The first-order valence-electron chi connectivity index (χ1n) is 13.6. The second kappa shape index (κ2) is 11.2. The van der Waals surface area contributed by atoms with E-state index in [2.05, 4.69) is 52.0 Å². The Morgan fingerprint density at radius 1 is 0.976 bits per heavy atom. The number of rotatable bonds is 8. The van der Waals surface area contributed by atoms with Crippen molar-refractivity contribution in [2.75, 3.05) is 17.2 Å². The SMILES string of the molecule is Cc1cccc(NC(=O)Nc2ccccc2OCC(=O)NC(C)(C)C(C)(C)c2nnc3c(Cl)c(C(C)(C)C)[nH]n23)c1O. The Balaban J connectivity index is 1.44. The highest BCUT2D eigenvalue weighted by molar-refractivity contribution is 6.34. The summed E-state index contributed by atoms with van der Waals surface area (Å²) in [5.41, 5.74) is 0.935. The van der Waals surface area contributed by atoms with Crippen LogP contribution in [-0.2, 0) is 15.6 Å². The fourth-order valence-corrected chi connectivity index (χ4v) is 4.85. The zero-order chi connectivity index (χ0) is 31.0. The largest absolute Gasteiger partial charge is 0.505 e. The van der Waals surface area contributed by atoms with Gasteiger partial charge in [0, 0.05) is 16.4 Å². The van der Waals surface area contributed by atoms with Crippen LogP contribution in [0.1, 0.15) is 65.5 Å². The number of aromatic nitrogens is 4. The summed E-state index contributed by atoms with van der Waals surface area (Å²) in [6.07, 6.45) is 0. The van der Waals surface area contributed by atoms with Crippen molar-refractivity contribution in [1.82, 2.24) is 25.1 Å². The maximum atomic E-state index is 13.1. The number of hydrogen-bond donors (Lipinski definition) is 5. The van der Waals surface area contributed by atoms with E-state index in [1.807, 2.05) is 27.7 Å². The van der Waals surface area contributed by atoms with E-state index in [9.17, 15) is 14.7 Å². The van der Waals surface area contributed by atoms with Crippen LogP contribution >= 0.6 is 11.6 Å². The molecule has 2 heterocycles. The van der Waals surface area contributed by atoms with Crippen LogP contribution in [0.2, 0.25) is 5.02 Å². The van der Waals surface area contributed by atoms with E-state index in [0.29, 0.717) is 33.5 Å². The van der Waals surface area contributed by atoms with E-state index in [-0.39, 0.29) is 29.4 Å². The van der Waals surface area contributed by atoms with Gasteiger partial charge < -0.3 is 25.8 Å². The van der Waals surface area contributed by atoms with Gasteiger partial charge in [-0.2, -0.15) is 0 Å². The fourth-order valence-electron chi connectivity index (χ4n) is 4.40. The third-order valence-electron chi connectivity index (χ3n) is 7.61. The van der Waals surface area contributed by atoms with Gasteiger partial charge in [-0.15, -0.1) is 10.2 Å². The van der Waals surface area contributed by atoms with Gasteiger partial charge in [-0.3, -0.25) is 9.89 Å². The number of aromatic hydroxyl groups is 1. The number of hydrogen-bond acceptors (Lipinski definition) is 6. The number of carbonyl (C=O) groups is 2. The molecule has 0 aliphatic rings. The first kappa shape index (κ1) is 30.7. The number of phenolic OH excluding ortho intramolecular Hbond substituents is 1. The lowest BCUT2D eigenvalue weighted by Crippen LogP contribution is -2.57.